The molecule has 0 unspecified atom stereocenters. The zero-order chi connectivity index (χ0) is 19.5. The number of nitrogens with one attached hydrogen (secondary N) is 2. The van der Waals surface area contributed by atoms with Crippen molar-refractivity contribution in [3.63, 3.8) is 0 Å². The summed E-state index contributed by atoms with van der Waals surface area (Å²) in [7, 11) is 0. The van der Waals surface area contributed by atoms with Gasteiger partial charge >= 0.3 is 0 Å². The van der Waals surface area contributed by atoms with Gasteiger partial charge in [0.25, 0.3) is 5.82 Å². The maximum Gasteiger partial charge on any atom is 0.272 e. The predicted octanol–water partition coefficient (Wildman–Crippen LogP) is 4.99. The van der Waals surface area contributed by atoms with Crippen LogP contribution in [0.25, 0.3) is 10.9 Å². The minimum Gasteiger partial charge on any atom is -0.505 e. The van der Waals surface area contributed by atoms with Crippen LogP contribution in [0.4, 0.5) is 5.82 Å². The molecule has 140 valence electrons. The van der Waals surface area contributed by atoms with Crippen molar-refractivity contribution in [1.82, 2.24) is 4.98 Å². The van der Waals surface area contributed by atoms with Crippen molar-refractivity contribution in [3.05, 3.63) is 89.7 Å². The predicted molar refractivity (Wildman–Crippen MR) is 115 cm³/mol. The molecule has 0 spiro atoms. The fourth-order valence-electron chi connectivity index (χ4n) is 3.30. The molecule has 5 heteroatoms. The fourth-order valence-corrected chi connectivity index (χ4v) is 3.70. The van der Waals surface area contributed by atoms with Crippen LogP contribution in [0.2, 0.25) is 0 Å². The Labute approximate surface area is 168 Å². The molecule has 0 aliphatic heterocycles. The summed E-state index contributed by atoms with van der Waals surface area (Å²) in [6.07, 6.45) is 3.94. The van der Waals surface area contributed by atoms with Gasteiger partial charge in [0.15, 0.2) is 0 Å². The Kier molecular flexibility index (Phi) is 5.17. The minimum atomic E-state index is -0.221. The van der Waals surface area contributed by atoms with Crippen LogP contribution in [0.5, 0.6) is 5.75 Å². The van der Waals surface area contributed by atoms with Crippen molar-refractivity contribution >= 4 is 28.5 Å². The molecule has 28 heavy (non-hydrogen) atoms. The number of phenolic OH excluding ortho intramolecular Hbond substituents is 1. The summed E-state index contributed by atoms with van der Waals surface area (Å²) in [4.78, 5) is 8.97. The number of aryl methyl sites for hydroxylation is 1. The molecule has 0 radical (unpaired) electrons. The summed E-state index contributed by atoms with van der Waals surface area (Å²) in [6, 6.07) is 22.0. The highest BCUT2D eigenvalue weighted by atomic mass is 32.2. The lowest BCUT2D eigenvalue weighted by Crippen LogP contribution is -2.18. The zero-order valence-corrected chi connectivity index (χ0v) is 16.6. The average molecular weight is 389 g/mol. The Morgan fingerprint density at radius 3 is 2.50 bits per heavy atom. The number of nitrogens with zero attached hydrogens (tertiary/aromatic N) is 1. The first kappa shape index (κ1) is 18.3. The van der Waals surface area contributed by atoms with Crippen LogP contribution < -0.4 is 10.3 Å². The van der Waals surface area contributed by atoms with Gasteiger partial charge in [0, 0.05) is 33.2 Å². The molecule has 0 bridgehead atoms. The quantitative estimate of drug-likeness (QED) is 0.473. The van der Waals surface area contributed by atoms with E-state index in [1.807, 2.05) is 55.6 Å². The second-order valence-corrected chi connectivity index (χ2v) is 7.53. The topological polar surface area (TPSA) is 59.3 Å². The molecule has 0 aliphatic rings. The Morgan fingerprint density at radius 2 is 1.79 bits per heavy atom. The van der Waals surface area contributed by atoms with Gasteiger partial charge in [-0.15, -0.1) is 11.8 Å². The Morgan fingerprint density at radius 1 is 1.00 bits per heavy atom. The summed E-state index contributed by atoms with van der Waals surface area (Å²) in [6.45, 7) is 1.93. The number of benzene rings is 2. The maximum atomic E-state index is 11.1. The summed E-state index contributed by atoms with van der Waals surface area (Å²) in [5.74, 6) is 1.08. The Balaban J connectivity index is 1.84. The molecule has 0 aliphatic carbocycles. The molecule has 1 atom stereocenters. The van der Waals surface area contributed by atoms with Crippen LogP contribution >= 0.6 is 11.8 Å². The van der Waals surface area contributed by atoms with Gasteiger partial charge in [-0.3, -0.25) is 5.32 Å². The third-order valence-electron chi connectivity index (χ3n) is 4.77. The molecular weight excluding hydrogens is 366 g/mol. The minimum absolute atomic E-state index is 0.212. The molecule has 3 N–H and O–H groups in total. The first-order valence-electron chi connectivity index (χ1n) is 9.12. The van der Waals surface area contributed by atoms with E-state index in [0.29, 0.717) is 5.52 Å². The number of aromatic nitrogens is 2. The monoisotopic (exact) mass is 388 g/mol. The second-order valence-electron chi connectivity index (χ2n) is 6.65. The number of H-pyrrole nitrogens is 1. The van der Waals surface area contributed by atoms with E-state index in [9.17, 15) is 5.11 Å². The number of rotatable bonds is 5. The number of pyridine rings is 2. The normalized spacial score (nSPS) is 12.1. The lowest BCUT2D eigenvalue weighted by atomic mass is 9.96. The van der Waals surface area contributed by atoms with Crippen molar-refractivity contribution in [2.75, 3.05) is 11.6 Å². The molecule has 4 nitrogen and oxygen atoms in total. The van der Waals surface area contributed by atoms with Crippen LogP contribution in [0.1, 0.15) is 22.9 Å². The highest BCUT2D eigenvalue weighted by molar-refractivity contribution is 7.98. The largest absolute Gasteiger partial charge is 0.505 e. The van der Waals surface area contributed by atoms with Crippen molar-refractivity contribution < 1.29 is 10.1 Å². The second kappa shape index (κ2) is 7.90. The number of hydrogen-bond donors (Lipinski definition) is 2. The molecule has 0 fully saturated rings. The molecule has 4 aromatic rings. The number of aromatic hydroxyl groups is 1. The summed E-state index contributed by atoms with van der Waals surface area (Å²) < 4.78 is 0. The van der Waals surface area contributed by atoms with Gasteiger partial charge < -0.3 is 5.11 Å². The molecule has 2 aromatic heterocycles. The summed E-state index contributed by atoms with van der Waals surface area (Å²) in [5.41, 5.74) is 3.37. The average Bonchev–Trinajstić information content (AvgIpc) is 2.74. The number of hydrogen-bond acceptors (Lipinski definition) is 4. The standard InChI is InChI=1S/C23H21N3OS/c1-15-6-7-17-10-13-19(23(27)22(17)25-15)21(26-20-5-3-4-14-24-20)16-8-11-18(28-2)12-9-16/h3-14,21,27H,1-2H3,(H,24,26)/p+1/t21-/m1/s1. The van der Waals surface area contributed by atoms with Crippen LogP contribution in [-0.2, 0) is 0 Å². The van der Waals surface area contributed by atoms with Crippen molar-refractivity contribution in [2.24, 2.45) is 0 Å². The SMILES string of the molecule is CSc1ccc([C@@H](Nc2cccc[nH+]2)c2ccc3ccc(C)nc3c2O)cc1. The third-order valence-corrected chi connectivity index (χ3v) is 5.52. The fraction of sp³-hybridized carbons (Fsp3) is 0.130. The van der Waals surface area contributed by atoms with E-state index in [1.54, 1.807) is 11.8 Å². The van der Waals surface area contributed by atoms with E-state index in [0.717, 1.165) is 28.0 Å². The maximum absolute atomic E-state index is 11.1. The first-order valence-corrected chi connectivity index (χ1v) is 10.3. The van der Waals surface area contributed by atoms with Crippen molar-refractivity contribution in [2.45, 2.75) is 17.9 Å². The number of aromatic amines is 1. The lowest BCUT2D eigenvalue weighted by Gasteiger charge is -2.18. The van der Waals surface area contributed by atoms with E-state index < -0.39 is 0 Å². The zero-order valence-electron chi connectivity index (χ0n) is 15.8. The van der Waals surface area contributed by atoms with Gasteiger partial charge in [-0.2, -0.15) is 0 Å². The highest BCUT2D eigenvalue weighted by Gasteiger charge is 2.24. The molecule has 2 heterocycles. The van der Waals surface area contributed by atoms with Gasteiger partial charge in [-0.05, 0) is 43.5 Å². The Bertz CT molecular complexity index is 1100. The van der Waals surface area contributed by atoms with Gasteiger partial charge in [0.05, 0.1) is 6.20 Å². The van der Waals surface area contributed by atoms with Crippen LogP contribution in [0.15, 0.2) is 77.8 Å². The van der Waals surface area contributed by atoms with Gasteiger partial charge in [-0.1, -0.05) is 30.3 Å². The molecular formula is C23H22N3OS+. The van der Waals surface area contributed by atoms with E-state index >= 15 is 0 Å². The lowest BCUT2D eigenvalue weighted by molar-refractivity contribution is -0.361. The van der Waals surface area contributed by atoms with E-state index in [2.05, 4.69) is 45.8 Å². The summed E-state index contributed by atoms with van der Waals surface area (Å²) in [5, 5.41) is 15.5. The van der Waals surface area contributed by atoms with E-state index in [4.69, 9.17) is 0 Å². The summed E-state index contributed by atoms with van der Waals surface area (Å²) >= 11 is 1.71. The van der Waals surface area contributed by atoms with Gasteiger partial charge in [0.2, 0.25) is 0 Å². The smallest absolute Gasteiger partial charge is 0.272 e. The molecule has 0 saturated carbocycles. The van der Waals surface area contributed by atoms with E-state index in [1.165, 1.54) is 4.90 Å². The van der Waals surface area contributed by atoms with Crippen molar-refractivity contribution in [1.29, 1.82) is 0 Å². The molecule has 0 saturated heterocycles. The van der Waals surface area contributed by atoms with Crippen LogP contribution in [0, 0.1) is 6.92 Å². The van der Waals surface area contributed by atoms with Gasteiger partial charge in [-0.25, -0.2) is 9.97 Å². The molecule has 4 rings (SSSR count). The first-order chi connectivity index (χ1) is 13.7. The number of anilines is 1. The van der Waals surface area contributed by atoms with Crippen molar-refractivity contribution in [3.8, 4) is 5.75 Å². The molecule has 2 aromatic carbocycles. The number of fused-ring (bicyclic) bond motifs is 1. The molecule has 0 amide bonds. The number of phenols is 1. The Hall–Kier alpha value is -3.05. The highest BCUT2D eigenvalue weighted by Crippen LogP contribution is 2.36. The third kappa shape index (κ3) is 3.66. The number of thioether (sulfide) groups is 1. The van der Waals surface area contributed by atoms with Gasteiger partial charge in [0.1, 0.15) is 17.3 Å². The van der Waals surface area contributed by atoms with Crippen LogP contribution in [0.3, 0.4) is 0 Å². The van der Waals surface area contributed by atoms with E-state index in [-0.39, 0.29) is 11.8 Å². The van der Waals surface area contributed by atoms with Crippen LogP contribution in [-0.4, -0.2) is 16.3 Å².